The van der Waals surface area contributed by atoms with E-state index in [1.54, 1.807) is 129 Å². The molecule has 3 saturated heterocycles. The van der Waals surface area contributed by atoms with E-state index in [0.29, 0.717) is 94.7 Å². The maximum Gasteiger partial charge on any atom is 0.246 e. The number of benzene rings is 6. The van der Waals surface area contributed by atoms with Crippen LogP contribution in [-0.4, -0.2) is 267 Å². The molecule has 39 heteroatoms. The Morgan fingerprint density at radius 3 is 1.60 bits per heavy atom. The summed E-state index contributed by atoms with van der Waals surface area (Å²) in [6.07, 6.45) is 2.05. The Bertz CT molecular complexity index is 5370. The van der Waals surface area contributed by atoms with Gasteiger partial charge in [0.05, 0.1) is 12.3 Å². The van der Waals surface area contributed by atoms with Gasteiger partial charge in [-0.1, -0.05) is 149 Å². The Hall–Kier alpha value is -13.3. The molecule has 15 amide bonds. The third kappa shape index (κ3) is 29.1. The summed E-state index contributed by atoms with van der Waals surface area (Å²) in [6.45, 7) is 4.08. The van der Waals surface area contributed by atoms with Gasteiger partial charge in [-0.25, -0.2) is 13.2 Å². The van der Waals surface area contributed by atoms with Crippen LogP contribution in [0.4, 0.5) is 13.2 Å². The van der Waals surface area contributed by atoms with Gasteiger partial charge in [0.1, 0.15) is 84.3 Å². The van der Waals surface area contributed by atoms with Crippen molar-refractivity contribution in [2.24, 2.45) is 28.9 Å². The van der Waals surface area contributed by atoms with Crippen LogP contribution in [0.2, 0.25) is 0 Å². The second-order valence-corrected chi connectivity index (χ2v) is 36.4. The highest BCUT2D eigenvalue weighted by Crippen LogP contribution is 2.29. The molecule has 19 N–H and O–H groups in total. The molecule has 35 nitrogen and oxygen atoms in total. The Morgan fingerprint density at radius 1 is 0.482 bits per heavy atom. The number of halogens is 3. The molecule has 13 unspecified atom stereocenters. The van der Waals surface area contributed by atoms with Crippen molar-refractivity contribution in [2.75, 3.05) is 65.4 Å². The van der Waals surface area contributed by atoms with E-state index in [1.807, 2.05) is 6.92 Å². The molecular formula is C98H126F3N19O16S. The van der Waals surface area contributed by atoms with Crippen LogP contribution >= 0.6 is 11.8 Å². The summed E-state index contributed by atoms with van der Waals surface area (Å²) in [5.74, 6) is -20.6. The summed E-state index contributed by atoms with van der Waals surface area (Å²) < 4.78 is 45.2. The summed E-state index contributed by atoms with van der Waals surface area (Å²) >= 11 is 0.691. The quantitative estimate of drug-likeness (QED) is 0.0289. The van der Waals surface area contributed by atoms with Gasteiger partial charge in [-0.2, -0.15) is 0 Å². The second-order valence-electron chi connectivity index (χ2n) is 35.3. The van der Waals surface area contributed by atoms with Crippen molar-refractivity contribution >= 4 is 111 Å². The topological polar surface area (TPSA) is 521 Å². The van der Waals surface area contributed by atoms with Crippen LogP contribution in [0.3, 0.4) is 0 Å². The minimum atomic E-state index is -1.85. The highest BCUT2D eigenvalue weighted by Gasteiger charge is 2.46. The number of hydrogen-bond donors (Lipinski definition) is 15. The number of thioether (sulfide) groups is 1. The fourth-order valence-corrected chi connectivity index (χ4v) is 18.1. The number of carbonyl (C=O) groups is 15. The standard InChI is InChI=1S/C98H126F3N19O16S/c1-7-8-29-79-97(135)120-42-21-31-78(120)92(130)113-75(52-104)90(128)115-85(57(2)3)98(136)117(5)80(48-58-22-11-9-12-23-58)93(131)112-74(46-60-32-34-62(51-103)35-33-60)95(133)119-41-20-18-30-77(119)91(129)111-72(50-64-53-106-69-27-16-15-26-66(64)69)89(127)110-71(45-61-36-38-65(121)39-37-61)88(126)109-70(28-17-19-40-102)87(125)114-76(86(124)107-54-82(105)122)55-137-56-83(123)108-73(47-63-43-67(99)84(101)68(100)44-63)94(132)118(6)81(96(134)116(79)4)49-59-24-13-10-14-25-59/h9-16,22-27,32-39,43-44,53,57,70-81,85,106,121H,7-8,17-21,28-31,40-42,45-52,54-56,102-104H2,1-6H3,(H2,105,122)(H,107,124)(H,108,123)(H,109,126)(H,110,127)(H,111,129)(H,112,131)(H,113,130)(H,114,125)(H,115,128). The van der Waals surface area contributed by atoms with Crippen LogP contribution in [0.5, 0.6) is 5.75 Å². The number of para-hydroxylation sites is 1. The molecule has 0 aliphatic carbocycles. The number of phenolic OH excluding ortho intramolecular Hbond substituents is 1. The number of aromatic nitrogens is 1. The maximum atomic E-state index is 16.0. The van der Waals surface area contributed by atoms with E-state index >= 15 is 56.7 Å². The van der Waals surface area contributed by atoms with E-state index < -0.39 is 222 Å². The largest absolute Gasteiger partial charge is 0.508 e. The van der Waals surface area contributed by atoms with E-state index in [9.17, 15) is 33.5 Å². The number of amides is 15. The number of primary amides is 1. The van der Waals surface area contributed by atoms with Gasteiger partial charge >= 0.3 is 0 Å². The Kier molecular flexibility index (Phi) is 39.4. The number of unbranched alkanes of at least 4 members (excludes halogenated alkanes) is 2. The molecular weight excluding hydrogens is 1790 g/mol. The molecule has 13 atom stereocenters. The van der Waals surface area contributed by atoms with Crippen LogP contribution < -0.4 is 70.8 Å². The number of carbonyl (C=O) groups excluding carboxylic acids is 15. The van der Waals surface area contributed by atoms with Gasteiger partial charge in [0.2, 0.25) is 88.6 Å². The van der Waals surface area contributed by atoms with Crippen molar-refractivity contribution < 1.29 is 90.2 Å². The molecule has 4 heterocycles. The molecule has 0 spiro atoms. The third-order valence-electron chi connectivity index (χ3n) is 25.1. The number of aromatic amines is 1. The van der Waals surface area contributed by atoms with E-state index in [0.717, 1.165) is 20.3 Å². The monoisotopic (exact) mass is 1910 g/mol. The van der Waals surface area contributed by atoms with Crippen molar-refractivity contribution in [3.05, 3.63) is 208 Å². The molecule has 6 aromatic carbocycles. The Balaban J connectivity index is 1.06. The minimum Gasteiger partial charge on any atom is -0.508 e. The van der Waals surface area contributed by atoms with Crippen molar-refractivity contribution in [2.45, 2.75) is 215 Å². The molecule has 0 bridgehead atoms. The number of rotatable bonds is 25. The zero-order valence-corrected chi connectivity index (χ0v) is 78.7. The number of piperidine rings is 1. The van der Waals surface area contributed by atoms with E-state index in [-0.39, 0.29) is 108 Å². The molecule has 736 valence electrons. The number of nitrogens with two attached hydrogens (primary N) is 4. The lowest BCUT2D eigenvalue weighted by atomic mass is 9.96. The number of nitrogens with one attached hydrogen (secondary N) is 10. The molecule has 10 rings (SSSR count). The van der Waals surface area contributed by atoms with Gasteiger partial charge < -0.3 is 105 Å². The molecule has 0 radical (unpaired) electrons. The van der Waals surface area contributed by atoms with Crippen molar-refractivity contribution in [3.63, 3.8) is 0 Å². The molecule has 3 fully saturated rings. The number of fused-ring (bicyclic) bond motifs is 3. The molecule has 0 saturated carbocycles. The molecule has 3 aliphatic rings. The maximum absolute atomic E-state index is 16.0. The summed E-state index contributed by atoms with van der Waals surface area (Å²) in [6, 6.07) is 18.3. The Morgan fingerprint density at radius 2 is 0.985 bits per heavy atom. The number of phenols is 1. The zero-order valence-electron chi connectivity index (χ0n) is 77.9. The zero-order chi connectivity index (χ0) is 99.3. The van der Waals surface area contributed by atoms with Crippen LogP contribution in [0.15, 0.2) is 152 Å². The minimum absolute atomic E-state index is 0.00834. The van der Waals surface area contributed by atoms with E-state index in [1.165, 1.54) is 55.2 Å². The smallest absolute Gasteiger partial charge is 0.246 e. The van der Waals surface area contributed by atoms with Crippen molar-refractivity contribution in [1.82, 2.24) is 77.3 Å². The highest BCUT2D eigenvalue weighted by atomic mass is 32.2. The fourth-order valence-electron chi connectivity index (χ4n) is 17.3. The van der Waals surface area contributed by atoms with E-state index in [4.69, 9.17) is 22.9 Å². The first kappa shape index (κ1) is 106. The molecule has 7 aromatic rings. The molecule has 3 aliphatic heterocycles. The van der Waals surface area contributed by atoms with Gasteiger partial charge in [-0.15, -0.1) is 11.8 Å². The first-order valence-electron chi connectivity index (χ1n) is 46.3. The lowest BCUT2D eigenvalue weighted by molar-refractivity contribution is -0.152. The third-order valence-corrected chi connectivity index (χ3v) is 26.1. The van der Waals surface area contributed by atoms with Gasteiger partial charge in [0.15, 0.2) is 17.5 Å². The molecule has 1 aromatic heterocycles. The summed E-state index contributed by atoms with van der Waals surface area (Å²) in [5, 5.41) is 35.6. The Labute approximate surface area is 797 Å². The first-order chi connectivity index (χ1) is 65.6. The SMILES string of the molecule is CCCCC1C(=O)N2CCCC2C(=O)NC(CN)C(=O)NC(C(C)C)C(=O)N(C)C(Cc2ccccc2)C(=O)NC(Cc2ccc(CN)cc2)C(=O)N2CCCCC2C(=O)NC(Cc2c[nH]c3ccccc23)C(=O)NC(Cc2ccc(O)cc2)C(=O)NC(CCCCN)C(=O)NC(C(=O)NCC(N)=O)CSCC(=O)NC(Cc2cc(F)c(F)c(F)c2)C(=O)N(C)C(Cc2ccccc2)C(=O)N1C. The average Bonchev–Trinajstić information content (AvgIpc) is 1.79. The number of aromatic hydroxyl groups is 1. The lowest BCUT2D eigenvalue weighted by Gasteiger charge is -2.38. The van der Waals surface area contributed by atoms with Crippen molar-refractivity contribution in [3.8, 4) is 5.75 Å². The number of nitrogens with zero attached hydrogens (tertiary/aromatic N) is 5. The van der Waals surface area contributed by atoms with Crippen molar-refractivity contribution in [1.29, 1.82) is 0 Å². The van der Waals surface area contributed by atoms with Crippen LogP contribution in [0.1, 0.15) is 130 Å². The van der Waals surface area contributed by atoms with Gasteiger partial charge in [-0.3, -0.25) is 71.9 Å². The highest BCUT2D eigenvalue weighted by molar-refractivity contribution is 8.00. The van der Waals surface area contributed by atoms with Gasteiger partial charge in [0, 0.05) is 109 Å². The fraction of sp³-hybridized carbons (Fsp3) is 0.459. The lowest BCUT2D eigenvalue weighted by Crippen LogP contribution is -2.63. The van der Waals surface area contributed by atoms with Gasteiger partial charge in [0.25, 0.3) is 0 Å². The van der Waals surface area contributed by atoms with Crippen LogP contribution in [-0.2, 0) is 117 Å². The predicted molar refractivity (Wildman–Crippen MR) is 507 cm³/mol. The number of hydrogen-bond acceptors (Lipinski definition) is 20. The van der Waals surface area contributed by atoms with Crippen LogP contribution in [0.25, 0.3) is 10.9 Å². The predicted octanol–water partition coefficient (Wildman–Crippen LogP) is 2.52. The van der Waals surface area contributed by atoms with Gasteiger partial charge in [-0.05, 0) is 140 Å². The first-order valence-corrected chi connectivity index (χ1v) is 47.4. The average molecular weight is 1920 g/mol. The van der Waals surface area contributed by atoms with Crippen LogP contribution in [0, 0.1) is 23.4 Å². The molecule has 137 heavy (non-hydrogen) atoms. The summed E-state index contributed by atoms with van der Waals surface area (Å²) in [7, 11) is 3.94. The number of H-pyrrole nitrogens is 1. The van der Waals surface area contributed by atoms with E-state index in [2.05, 4.69) is 52.8 Å². The number of likely N-dealkylation sites (N-methyl/N-ethyl adjacent to an activating group) is 3. The second kappa shape index (κ2) is 51.1. The summed E-state index contributed by atoms with van der Waals surface area (Å²) in [4.78, 5) is 236. The normalized spacial score (nSPS) is 23.3. The summed E-state index contributed by atoms with van der Waals surface area (Å²) in [5.41, 5.74) is 27.4.